The Kier molecular flexibility index (Phi) is 10.5. The average molecular weight is 628 g/mol. The Morgan fingerprint density at radius 2 is 1.46 bits per heavy atom. The number of amides is 3. The summed E-state index contributed by atoms with van der Waals surface area (Å²) in [5, 5.41) is 9.27. The minimum Gasteiger partial charge on any atom is -0.396 e. The summed E-state index contributed by atoms with van der Waals surface area (Å²) in [6.45, 7) is 13.8. The maximum absolute atomic E-state index is 14.8. The molecule has 3 amide bonds. The van der Waals surface area contributed by atoms with E-state index in [2.05, 4.69) is 20.1 Å². The SMILES string of the molecule is C=CCN(Cc1ccccc1)C(=O)C1N(CCCCCCO)C(=O)[C@@H]2[C@H](C(=O)N(CC=C)Cc3ccccc3)[C@@]3(C)OC12CC3C. The first-order chi connectivity index (χ1) is 22.2. The van der Waals surface area contributed by atoms with E-state index in [0.717, 1.165) is 24.0 Å². The highest BCUT2D eigenvalue weighted by Gasteiger charge is 2.80. The van der Waals surface area contributed by atoms with Gasteiger partial charge in [-0.3, -0.25) is 14.4 Å². The highest BCUT2D eigenvalue weighted by atomic mass is 16.5. The first kappa shape index (κ1) is 33.6. The molecule has 8 nitrogen and oxygen atoms in total. The molecule has 5 rings (SSSR count). The summed E-state index contributed by atoms with van der Waals surface area (Å²) < 4.78 is 7.01. The van der Waals surface area contributed by atoms with Crippen molar-refractivity contribution in [2.75, 3.05) is 26.2 Å². The third-order valence-electron chi connectivity index (χ3n) is 10.4. The molecule has 3 saturated heterocycles. The number of carbonyl (C=O) groups is 3. The normalized spacial score (nSPS) is 27.8. The lowest BCUT2D eigenvalue weighted by Gasteiger charge is -2.39. The lowest BCUT2D eigenvalue weighted by atomic mass is 9.62. The maximum atomic E-state index is 14.8. The average Bonchev–Trinajstić information content (AvgIpc) is 3.57. The van der Waals surface area contributed by atoms with E-state index in [1.165, 1.54) is 0 Å². The number of unbranched alkanes of at least 4 members (excludes halogenated alkanes) is 3. The number of hydrogen-bond acceptors (Lipinski definition) is 5. The fraction of sp³-hybridized carbons (Fsp3) is 0.500. The van der Waals surface area contributed by atoms with E-state index >= 15 is 0 Å². The van der Waals surface area contributed by atoms with Crippen LogP contribution in [0.1, 0.15) is 57.1 Å². The van der Waals surface area contributed by atoms with Crippen LogP contribution in [0.4, 0.5) is 0 Å². The predicted octanol–water partition coefficient (Wildman–Crippen LogP) is 4.98. The first-order valence-corrected chi connectivity index (χ1v) is 16.7. The lowest BCUT2D eigenvalue weighted by molar-refractivity contribution is -0.155. The third kappa shape index (κ3) is 6.17. The van der Waals surface area contributed by atoms with E-state index in [1.54, 1.807) is 26.9 Å². The van der Waals surface area contributed by atoms with Gasteiger partial charge in [0.05, 0.1) is 17.4 Å². The van der Waals surface area contributed by atoms with Crippen LogP contribution >= 0.6 is 0 Å². The number of carbonyl (C=O) groups excluding carboxylic acids is 3. The molecule has 46 heavy (non-hydrogen) atoms. The van der Waals surface area contributed by atoms with E-state index in [0.29, 0.717) is 52.0 Å². The van der Waals surface area contributed by atoms with Gasteiger partial charge in [-0.25, -0.2) is 0 Å². The first-order valence-electron chi connectivity index (χ1n) is 16.7. The van der Waals surface area contributed by atoms with Gasteiger partial charge in [-0.2, -0.15) is 0 Å². The minimum absolute atomic E-state index is 0.0467. The van der Waals surface area contributed by atoms with Gasteiger partial charge in [0.1, 0.15) is 11.6 Å². The van der Waals surface area contributed by atoms with Crippen molar-refractivity contribution in [3.8, 4) is 0 Å². The number of ether oxygens (including phenoxy) is 1. The number of benzene rings is 2. The van der Waals surface area contributed by atoms with Crippen LogP contribution in [0.2, 0.25) is 0 Å². The molecular weight excluding hydrogens is 578 g/mol. The van der Waals surface area contributed by atoms with E-state index in [9.17, 15) is 19.5 Å². The van der Waals surface area contributed by atoms with Crippen LogP contribution in [0.15, 0.2) is 86.0 Å². The van der Waals surface area contributed by atoms with Crippen molar-refractivity contribution in [3.05, 3.63) is 97.1 Å². The predicted molar refractivity (Wildman–Crippen MR) is 178 cm³/mol. The summed E-state index contributed by atoms with van der Waals surface area (Å²) in [4.78, 5) is 49.4. The number of likely N-dealkylation sites (tertiary alicyclic amines) is 1. The van der Waals surface area contributed by atoms with Crippen LogP contribution in [-0.4, -0.2) is 81.0 Å². The fourth-order valence-electron chi connectivity index (χ4n) is 8.14. The molecule has 3 unspecified atom stereocenters. The van der Waals surface area contributed by atoms with Crippen LogP contribution in [0.3, 0.4) is 0 Å². The molecule has 6 atom stereocenters. The number of aliphatic hydroxyl groups excluding tert-OH is 1. The van der Waals surface area contributed by atoms with Crippen LogP contribution in [0, 0.1) is 17.8 Å². The number of fused-ring (bicyclic) bond motifs is 1. The molecule has 8 heteroatoms. The van der Waals surface area contributed by atoms with E-state index < -0.39 is 29.1 Å². The van der Waals surface area contributed by atoms with Gasteiger partial charge in [-0.15, -0.1) is 13.2 Å². The maximum Gasteiger partial charge on any atom is 0.248 e. The molecule has 0 aliphatic carbocycles. The van der Waals surface area contributed by atoms with Crippen molar-refractivity contribution in [2.24, 2.45) is 17.8 Å². The minimum atomic E-state index is -1.11. The molecule has 246 valence electrons. The molecule has 3 heterocycles. The molecule has 0 saturated carbocycles. The summed E-state index contributed by atoms with van der Waals surface area (Å²) in [5.41, 5.74) is -0.0399. The molecule has 2 aromatic carbocycles. The van der Waals surface area contributed by atoms with Crippen LogP contribution in [-0.2, 0) is 32.2 Å². The van der Waals surface area contributed by atoms with Crippen molar-refractivity contribution >= 4 is 17.7 Å². The molecule has 1 N–H and O–H groups in total. The number of hydrogen-bond donors (Lipinski definition) is 1. The summed E-state index contributed by atoms with van der Waals surface area (Å²) in [7, 11) is 0. The van der Waals surface area contributed by atoms with Gasteiger partial charge in [-0.1, -0.05) is 92.6 Å². The van der Waals surface area contributed by atoms with Gasteiger partial charge in [0.2, 0.25) is 17.7 Å². The molecule has 2 aromatic rings. The van der Waals surface area contributed by atoms with Gasteiger partial charge < -0.3 is 24.5 Å². The van der Waals surface area contributed by atoms with Crippen molar-refractivity contribution in [2.45, 2.75) is 76.3 Å². The third-order valence-corrected chi connectivity index (χ3v) is 10.4. The molecule has 1 spiro atoms. The second-order valence-electron chi connectivity index (χ2n) is 13.4. The standard InChI is InChI=1S/C38H49N3O5/c1-5-21-39(26-29-17-11-9-12-18-29)34(43)31-32-35(44)41(23-15-7-8-16-24-42)33(38(32)25-28(3)37(31,4)46-38)36(45)40(22-6-2)27-30-19-13-10-14-20-30/h5-6,9-14,17-20,28,31-33,42H,1-2,7-8,15-16,21-27H2,3-4H3/t28?,31-,32+,33?,37+,38?/m1/s1. The number of aliphatic hydroxyl groups is 1. The highest BCUT2D eigenvalue weighted by Crippen LogP contribution is 2.65. The van der Waals surface area contributed by atoms with Gasteiger partial charge in [0, 0.05) is 39.3 Å². The second kappa shape index (κ2) is 14.3. The van der Waals surface area contributed by atoms with E-state index in [-0.39, 0.29) is 30.2 Å². The van der Waals surface area contributed by atoms with Crippen LogP contribution in [0.5, 0.6) is 0 Å². The van der Waals surface area contributed by atoms with Crippen LogP contribution in [0.25, 0.3) is 0 Å². The summed E-state index contributed by atoms with van der Waals surface area (Å²) in [6, 6.07) is 18.8. The van der Waals surface area contributed by atoms with Gasteiger partial charge in [0.25, 0.3) is 0 Å². The van der Waals surface area contributed by atoms with Crippen molar-refractivity contribution in [1.82, 2.24) is 14.7 Å². The lowest BCUT2D eigenvalue weighted by Crippen LogP contribution is -2.56. The Balaban J connectivity index is 1.53. The quantitative estimate of drug-likeness (QED) is 0.210. The Labute approximate surface area is 273 Å². The van der Waals surface area contributed by atoms with Crippen molar-refractivity contribution < 1.29 is 24.2 Å². The Bertz CT molecular complexity index is 1400. The van der Waals surface area contributed by atoms with E-state index in [4.69, 9.17) is 4.74 Å². The van der Waals surface area contributed by atoms with Crippen LogP contribution < -0.4 is 0 Å². The largest absolute Gasteiger partial charge is 0.396 e. The Hall–Kier alpha value is -3.75. The molecule has 3 aliphatic rings. The van der Waals surface area contributed by atoms with E-state index in [1.807, 2.05) is 67.6 Å². The summed E-state index contributed by atoms with van der Waals surface area (Å²) in [5.74, 6) is -2.03. The zero-order chi connectivity index (χ0) is 32.9. The zero-order valence-electron chi connectivity index (χ0n) is 27.4. The van der Waals surface area contributed by atoms with Gasteiger partial charge in [-0.05, 0) is 43.2 Å². The number of rotatable bonds is 16. The monoisotopic (exact) mass is 627 g/mol. The molecule has 3 aliphatic heterocycles. The van der Waals surface area contributed by atoms with Crippen molar-refractivity contribution in [1.29, 1.82) is 0 Å². The molecule has 3 fully saturated rings. The topological polar surface area (TPSA) is 90.4 Å². The van der Waals surface area contributed by atoms with Gasteiger partial charge >= 0.3 is 0 Å². The Morgan fingerprint density at radius 1 is 0.913 bits per heavy atom. The smallest absolute Gasteiger partial charge is 0.248 e. The Morgan fingerprint density at radius 3 is 2.00 bits per heavy atom. The second-order valence-corrected chi connectivity index (χ2v) is 13.4. The number of nitrogens with zero attached hydrogens (tertiary/aromatic N) is 3. The molecule has 2 bridgehead atoms. The molecule has 0 aromatic heterocycles. The summed E-state index contributed by atoms with van der Waals surface area (Å²) in [6.07, 6.45) is 7.01. The summed E-state index contributed by atoms with van der Waals surface area (Å²) >= 11 is 0. The zero-order valence-corrected chi connectivity index (χ0v) is 27.4. The van der Waals surface area contributed by atoms with Gasteiger partial charge in [0.15, 0.2) is 0 Å². The van der Waals surface area contributed by atoms with Crippen molar-refractivity contribution in [3.63, 3.8) is 0 Å². The highest BCUT2D eigenvalue weighted by molar-refractivity contribution is 5.99. The fourth-order valence-corrected chi connectivity index (χ4v) is 8.14. The molecule has 0 radical (unpaired) electrons. The molecular formula is C38H49N3O5.